The maximum Gasteiger partial charge on any atom is 0.327 e. The van der Waals surface area contributed by atoms with Crippen molar-refractivity contribution < 1.29 is 19.1 Å². The largest absolute Gasteiger partial charge is 0.468 e. The molecule has 2 atom stereocenters. The lowest BCUT2D eigenvalue weighted by Crippen LogP contribution is -2.42. The molecule has 0 aromatic heterocycles. The number of hydrogen-bond donors (Lipinski definition) is 1. The number of hydrogen-bond acceptors (Lipinski definition) is 5. The van der Waals surface area contributed by atoms with Crippen molar-refractivity contribution >= 4 is 11.9 Å². The van der Waals surface area contributed by atoms with Crippen molar-refractivity contribution in [3.05, 3.63) is 35.9 Å². The van der Waals surface area contributed by atoms with Crippen LogP contribution in [0.5, 0.6) is 0 Å². The first kappa shape index (κ1) is 15.2. The molecule has 5 heteroatoms. The highest BCUT2D eigenvalue weighted by atomic mass is 16.5. The van der Waals surface area contributed by atoms with Crippen LogP contribution in [0.4, 0.5) is 0 Å². The van der Waals surface area contributed by atoms with Crippen molar-refractivity contribution in [1.82, 2.24) is 5.32 Å². The second-order valence-electron chi connectivity index (χ2n) is 4.02. The minimum absolute atomic E-state index is 0.396. The molecule has 0 fully saturated rings. The molecule has 0 saturated carbocycles. The third-order valence-electron chi connectivity index (χ3n) is 2.83. The number of carbonyl (C=O) groups is 2. The summed E-state index contributed by atoms with van der Waals surface area (Å²) in [6.45, 7) is 1.84. The molecule has 1 rings (SSSR count). The van der Waals surface area contributed by atoms with Crippen molar-refractivity contribution in [3.8, 4) is 0 Å². The number of benzene rings is 1. The van der Waals surface area contributed by atoms with E-state index in [0.29, 0.717) is 6.42 Å². The lowest BCUT2D eigenvalue weighted by atomic mass is 10.1. The maximum absolute atomic E-state index is 11.8. The fourth-order valence-electron chi connectivity index (χ4n) is 1.76. The summed E-state index contributed by atoms with van der Waals surface area (Å²) in [5.41, 5.74) is 0.747. The van der Waals surface area contributed by atoms with Crippen LogP contribution in [0.25, 0.3) is 0 Å². The van der Waals surface area contributed by atoms with E-state index in [1.54, 1.807) is 12.1 Å². The molecular formula is C14H19NO4. The Hall–Kier alpha value is -1.88. The first-order chi connectivity index (χ1) is 9.13. The summed E-state index contributed by atoms with van der Waals surface area (Å²) in [7, 11) is 2.64. The third kappa shape index (κ3) is 4.06. The summed E-state index contributed by atoms with van der Waals surface area (Å²) in [4.78, 5) is 23.4. The van der Waals surface area contributed by atoms with Gasteiger partial charge in [0, 0.05) is 0 Å². The van der Waals surface area contributed by atoms with E-state index >= 15 is 0 Å². The molecule has 19 heavy (non-hydrogen) atoms. The molecule has 1 N–H and O–H groups in total. The molecule has 0 saturated heterocycles. The van der Waals surface area contributed by atoms with Crippen LogP contribution in [0.3, 0.4) is 0 Å². The van der Waals surface area contributed by atoms with Crippen LogP contribution >= 0.6 is 0 Å². The Morgan fingerprint density at radius 1 is 1.11 bits per heavy atom. The molecule has 0 aliphatic carbocycles. The second kappa shape index (κ2) is 7.53. The average Bonchev–Trinajstić information content (AvgIpc) is 2.48. The number of nitrogens with one attached hydrogen (secondary N) is 1. The van der Waals surface area contributed by atoms with Gasteiger partial charge in [-0.2, -0.15) is 0 Å². The van der Waals surface area contributed by atoms with Crippen molar-refractivity contribution in [2.24, 2.45) is 0 Å². The summed E-state index contributed by atoms with van der Waals surface area (Å²) < 4.78 is 9.47. The number of carbonyl (C=O) groups excluding carboxylic acids is 2. The van der Waals surface area contributed by atoms with E-state index in [9.17, 15) is 9.59 Å². The van der Waals surface area contributed by atoms with Gasteiger partial charge in [-0.3, -0.25) is 10.1 Å². The summed E-state index contributed by atoms with van der Waals surface area (Å²) in [5, 5.41) is 2.97. The van der Waals surface area contributed by atoms with Crippen LogP contribution in [0.1, 0.15) is 24.9 Å². The molecule has 0 heterocycles. The standard InChI is InChI=1S/C14H19NO4/c1-4-11(13(16)18-2)15-12(14(17)19-3)10-8-6-5-7-9-10/h5-9,11-12,15H,4H2,1-3H3. The zero-order valence-electron chi connectivity index (χ0n) is 11.4. The Morgan fingerprint density at radius 3 is 2.16 bits per heavy atom. The molecular weight excluding hydrogens is 246 g/mol. The van der Waals surface area contributed by atoms with E-state index in [1.165, 1.54) is 14.2 Å². The molecule has 1 aromatic carbocycles. The van der Waals surface area contributed by atoms with Crippen LogP contribution in [0, 0.1) is 0 Å². The molecule has 5 nitrogen and oxygen atoms in total. The molecule has 0 spiro atoms. The average molecular weight is 265 g/mol. The van der Waals surface area contributed by atoms with Gasteiger partial charge in [0.05, 0.1) is 14.2 Å². The normalized spacial score (nSPS) is 13.4. The molecule has 104 valence electrons. The summed E-state index contributed by atoms with van der Waals surface area (Å²) in [6, 6.07) is 7.88. The predicted molar refractivity (Wildman–Crippen MR) is 70.4 cm³/mol. The predicted octanol–water partition coefficient (Wildman–Crippen LogP) is 1.44. The van der Waals surface area contributed by atoms with Gasteiger partial charge in [-0.15, -0.1) is 0 Å². The smallest absolute Gasteiger partial charge is 0.327 e. The van der Waals surface area contributed by atoms with Gasteiger partial charge in [0.1, 0.15) is 12.1 Å². The van der Waals surface area contributed by atoms with Gasteiger partial charge in [0.15, 0.2) is 0 Å². The number of esters is 2. The van der Waals surface area contributed by atoms with Crippen LogP contribution in [0.2, 0.25) is 0 Å². The Morgan fingerprint density at radius 2 is 1.68 bits per heavy atom. The fraction of sp³-hybridized carbons (Fsp3) is 0.429. The lowest BCUT2D eigenvalue weighted by Gasteiger charge is -2.22. The van der Waals surface area contributed by atoms with Gasteiger partial charge >= 0.3 is 11.9 Å². The second-order valence-corrected chi connectivity index (χ2v) is 4.02. The van der Waals surface area contributed by atoms with E-state index in [2.05, 4.69) is 5.32 Å². The van der Waals surface area contributed by atoms with Gasteiger partial charge < -0.3 is 9.47 Å². The summed E-state index contributed by atoms with van der Waals surface area (Å²) in [5.74, 6) is -0.833. The van der Waals surface area contributed by atoms with E-state index in [4.69, 9.17) is 9.47 Å². The van der Waals surface area contributed by atoms with Gasteiger partial charge in [-0.25, -0.2) is 4.79 Å². The van der Waals surface area contributed by atoms with Gasteiger partial charge in [-0.05, 0) is 12.0 Å². The Bertz CT molecular complexity index is 419. The van der Waals surface area contributed by atoms with Crippen molar-refractivity contribution in [3.63, 3.8) is 0 Å². The first-order valence-corrected chi connectivity index (χ1v) is 6.10. The molecule has 0 radical (unpaired) electrons. The maximum atomic E-state index is 11.8. The van der Waals surface area contributed by atoms with Crippen molar-refractivity contribution in [2.75, 3.05) is 14.2 Å². The van der Waals surface area contributed by atoms with E-state index in [0.717, 1.165) is 5.56 Å². The van der Waals surface area contributed by atoms with Crippen LogP contribution in [-0.4, -0.2) is 32.2 Å². The molecule has 0 aliphatic rings. The molecule has 0 bridgehead atoms. The lowest BCUT2D eigenvalue weighted by molar-refractivity contribution is -0.146. The van der Waals surface area contributed by atoms with Crippen LogP contribution in [-0.2, 0) is 19.1 Å². The molecule has 1 aromatic rings. The highest BCUT2D eigenvalue weighted by Crippen LogP contribution is 2.16. The third-order valence-corrected chi connectivity index (χ3v) is 2.83. The quantitative estimate of drug-likeness (QED) is 0.788. The number of ether oxygens (including phenoxy) is 2. The minimum Gasteiger partial charge on any atom is -0.468 e. The monoisotopic (exact) mass is 265 g/mol. The fourth-order valence-corrected chi connectivity index (χ4v) is 1.76. The van der Waals surface area contributed by atoms with Gasteiger partial charge in [0.25, 0.3) is 0 Å². The van der Waals surface area contributed by atoms with Gasteiger partial charge in [0.2, 0.25) is 0 Å². The van der Waals surface area contributed by atoms with Crippen LogP contribution < -0.4 is 5.32 Å². The Kier molecular flexibility index (Phi) is 6.02. The van der Waals surface area contributed by atoms with Crippen LogP contribution in [0.15, 0.2) is 30.3 Å². The van der Waals surface area contributed by atoms with E-state index in [1.807, 2.05) is 25.1 Å². The highest BCUT2D eigenvalue weighted by Gasteiger charge is 2.27. The van der Waals surface area contributed by atoms with E-state index < -0.39 is 24.0 Å². The summed E-state index contributed by atoms with van der Waals surface area (Å²) >= 11 is 0. The molecule has 2 unspecified atom stereocenters. The zero-order chi connectivity index (χ0) is 14.3. The number of methoxy groups -OCH3 is 2. The van der Waals surface area contributed by atoms with Gasteiger partial charge in [-0.1, -0.05) is 37.3 Å². The minimum atomic E-state index is -0.685. The highest BCUT2D eigenvalue weighted by molar-refractivity contribution is 5.80. The molecule has 0 aliphatic heterocycles. The first-order valence-electron chi connectivity index (χ1n) is 6.10. The zero-order valence-corrected chi connectivity index (χ0v) is 11.4. The number of rotatable bonds is 6. The van der Waals surface area contributed by atoms with Crippen molar-refractivity contribution in [2.45, 2.75) is 25.4 Å². The van der Waals surface area contributed by atoms with E-state index in [-0.39, 0.29) is 0 Å². The topological polar surface area (TPSA) is 64.6 Å². The molecule has 0 amide bonds. The Balaban J connectivity index is 2.93. The summed E-state index contributed by atoms with van der Waals surface area (Å²) in [6.07, 6.45) is 0.521. The Labute approximate surface area is 112 Å². The van der Waals surface area contributed by atoms with Crippen molar-refractivity contribution in [1.29, 1.82) is 0 Å². The SMILES string of the molecule is CCC(NC(C(=O)OC)c1ccccc1)C(=O)OC.